The van der Waals surface area contributed by atoms with Crippen LogP contribution in [0.25, 0.3) is 0 Å². The number of fused-ring (bicyclic) bond motifs is 2. The van der Waals surface area contributed by atoms with Crippen LogP contribution in [0.2, 0.25) is 0 Å². The molecule has 1 unspecified atom stereocenters. The predicted octanol–water partition coefficient (Wildman–Crippen LogP) is 3.44. The van der Waals surface area contributed by atoms with E-state index < -0.39 is 5.97 Å². The van der Waals surface area contributed by atoms with Crippen molar-refractivity contribution in [2.45, 2.75) is 51.9 Å². The van der Waals surface area contributed by atoms with Gasteiger partial charge in [-0.05, 0) is 56.8 Å². The van der Waals surface area contributed by atoms with Crippen LogP contribution in [0.4, 0.5) is 0 Å². The summed E-state index contributed by atoms with van der Waals surface area (Å²) in [5.41, 5.74) is 0. The number of carboxylic acid groups (broad SMARTS) is 1. The topological polar surface area (TPSA) is 54.4 Å². The molecule has 0 aliphatic heterocycles. The van der Waals surface area contributed by atoms with Crippen molar-refractivity contribution in [1.82, 2.24) is 0 Å². The Kier molecular flexibility index (Phi) is 4.78. The summed E-state index contributed by atoms with van der Waals surface area (Å²) in [6.45, 7) is 1.57. The minimum Gasteiger partial charge on any atom is -0.481 e. The molecule has 2 bridgehead atoms. The van der Waals surface area contributed by atoms with Crippen molar-refractivity contribution in [3.05, 3.63) is 12.2 Å². The van der Waals surface area contributed by atoms with Crippen LogP contribution in [0.1, 0.15) is 51.9 Å². The zero-order valence-corrected chi connectivity index (χ0v) is 11.7. The molecule has 0 heterocycles. The van der Waals surface area contributed by atoms with Gasteiger partial charge in [-0.2, -0.15) is 0 Å². The van der Waals surface area contributed by atoms with E-state index in [1.165, 1.54) is 19.3 Å². The highest BCUT2D eigenvalue weighted by Gasteiger charge is 2.44. The van der Waals surface area contributed by atoms with Crippen LogP contribution in [0.3, 0.4) is 0 Å². The lowest BCUT2D eigenvalue weighted by atomic mass is 9.77. The summed E-state index contributed by atoms with van der Waals surface area (Å²) in [7, 11) is 0. The zero-order valence-electron chi connectivity index (χ0n) is 11.7. The van der Waals surface area contributed by atoms with Crippen molar-refractivity contribution in [2.24, 2.45) is 23.7 Å². The van der Waals surface area contributed by atoms with Gasteiger partial charge in [0.15, 0.2) is 0 Å². The van der Waals surface area contributed by atoms with Gasteiger partial charge in [-0.15, -0.1) is 0 Å². The number of carbonyl (C=O) groups is 2. The zero-order chi connectivity index (χ0) is 13.8. The molecule has 2 aliphatic rings. The smallest absolute Gasteiger partial charge is 0.306 e. The molecule has 2 saturated carbocycles. The third kappa shape index (κ3) is 3.68. The van der Waals surface area contributed by atoms with Crippen molar-refractivity contribution in [2.75, 3.05) is 0 Å². The molecular formula is C16H24O3. The van der Waals surface area contributed by atoms with E-state index in [4.69, 9.17) is 0 Å². The molecular weight excluding hydrogens is 240 g/mol. The third-order valence-electron chi connectivity index (χ3n) is 4.84. The van der Waals surface area contributed by atoms with Crippen molar-refractivity contribution < 1.29 is 14.7 Å². The normalized spacial score (nSPS) is 30.9. The van der Waals surface area contributed by atoms with E-state index >= 15 is 0 Å². The van der Waals surface area contributed by atoms with Crippen LogP contribution in [0.15, 0.2) is 12.2 Å². The second kappa shape index (κ2) is 6.36. The first-order valence-corrected chi connectivity index (χ1v) is 7.45. The maximum absolute atomic E-state index is 11.5. The summed E-state index contributed by atoms with van der Waals surface area (Å²) >= 11 is 0. The van der Waals surface area contributed by atoms with Crippen molar-refractivity contribution in [1.29, 1.82) is 0 Å². The third-order valence-corrected chi connectivity index (χ3v) is 4.84. The minimum absolute atomic E-state index is 0.152. The quantitative estimate of drug-likeness (QED) is 0.717. The second-order valence-corrected chi connectivity index (χ2v) is 6.24. The summed E-state index contributed by atoms with van der Waals surface area (Å²) in [5, 5.41) is 9.43. The SMILES string of the molecule is CC(=O)C/C=C/CCC(C(=O)O)[C@@H]1C[C@@H]2CC[C@@H]1C2. The minimum atomic E-state index is -0.627. The number of carboxylic acids is 1. The summed E-state index contributed by atoms with van der Waals surface area (Å²) < 4.78 is 0. The van der Waals surface area contributed by atoms with Crippen LogP contribution < -0.4 is 0 Å². The van der Waals surface area contributed by atoms with Crippen LogP contribution in [-0.4, -0.2) is 16.9 Å². The molecule has 0 aromatic carbocycles. The highest BCUT2D eigenvalue weighted by Crippen LogP contribution is 2.51. The molecule has 3 nitrogen and oxygen atoms in total. The molecule has 0 aromatic heterocycles. The lowest BCUT2D eigenvalue weighted by Crippen LogP contribution is -2.27. The van der Waals surface area contributed by atoms with Crippen LogP contribution >= 0.6 is 0 Å². The Balaban J connectivity index is 1.82. The van der Waals surface area contributed by atoms with E-state index in [-0.39, 0.29) is 11.7 Å². The molecule has 3 heteroatoms. The molecule has 19 heavy (non-hydrogen) atoms. The fourth-order valence-corrected chi connectivity index (χ4v) is 3.95. The van der Waals surface area contributed by atoms with Gasteiger partial charge in [-0.3, -0.25) is 9.59 Å². The van der Waals surface area contributed by atoms with Crippen molar-refractivity contribution in [3.63, 3.8) is 0 Å². The Bertz CT molecular complexity index is 372. The second-order valence-electron chi connectivity index (χ2n) is 6.24. The highest BCUT2D eigenvalue weighted by molar-refractivity contribution is 5.76. The number of ketones is 1. The fraction of sp³-hybridized carbons (Fsp3) is 0.750. The van der Waals surface area contributed by atoms with E-state index in [1.807, 2.05) is 12.2 Å². The molecule has 1 N–H and O–H groups in total. The highest BCUT2D eigenvalue weighted by atomic mass is 16.4. The number of hydrogen-bond donors (Lipinski definition) is 1. The molecule has 2 aliphatic carbocycles. The first-order chi connectivity index (χ1) is 9.08. The van der Waals surface area contributed by atoms with Crippen molar-refractivity contribution in [3.8, 4) is 0 Å². The van der Waals surface area contributed by atoms with Gasteiger partial charge in [0.2, 0.25) is 0 Å². The van der Waals surface area contributed by atoms with Gasteiger partial charge < -0.3 is 5.11 Å². The molecule has 0 amide bonds. The van der Waals surface area contributed by atoms with Crippen molar-refractivity contribution >= 4 is 11.8 Å². The van der Waals surface area contributed by atoms with Crippen LogP contribution in [-0.2, 0) is 9.59 Å². The van der Waals surface area contributed by atoms with Gasteiger partial charge in [0.05, 0.1) is 5.92 Å². The molecule has 0 aromatic rings. The van der Waals surface area contributed by atoms with Gasteiger partial charge in [-0.25, -0.2) is 0 Å². The Morgan fingerprint density at radius 2 is 2.05 bits per heavy atom. The molecule has 4 atom stereocenters. The molecule has 0 spiro atoms. The number of carbonyl (C=O) groups excluding carboxylic acids is 1. The standard InChI is InChI=1S/C16H24O3/c1-11(17)5-3-2-4-6-14(16(18)19)15-10-12-7-8-13(15)9-12/h2-3,12-15H,4-10H2,1H3,(H,18,19)/b3-2+/t12-,13-,14?,15-/m1/s1. The number of Topliss-reactive ketones (excluding diaryl/α,β-unsaturated/α-hetero) is 1. The van der Waals surface area contributed by atoms with E-state index in [9.17, 15) is 14.7 Å². The fourth-order valence-electron chi connectivity index (χ4n) is 3.95. The van der Waals surface area contributed by atoms with E-state index in [2.05, 4.69) is 0 Å². The van der Waals surface area contributed by atoms with Gasteiger partial charge in [0, 0.05) is 6.42 Å². The van der Waals surface area contributed by atoms with E-state index in [0.29, 0.717) is 18.3 Å². The number of aliphatic carboxylic acids is 1. The molecule has 2 fully saturated rings. The Morgan fingerprint density at radius 3 is 2.58 bits per heavy atom. The average molecular weight is 264 g/mol. The van der Waals surface area contributed by atoms with Gasteiger partial charge in [0.1, 0.15) is 5.78 Å². The van der Waals surface area contributed by atoms with Crippen LogP contribution in [0, 0.1) is 23.7 Å². The Labute approximate surface area is 115 Å². The Hall–Kier alpha value is -1.12. The van der Waals surface area contributed by atoms with E-state index in [1.54, 1.807) is 6.92 Å². The lowest BCUT2D eigenvalue weighted by Gasteiger charge is -2.27. The van der Waals surface area contributed by atoms with Gasteiger partial charge in [0.25, 0.3) is 0 Å². The number of hydrogen-bond acceptors (Lipinski definition) is 2. The lowest BCUT2D eigenvalue weighted by molar-refractivity contribution is -0.144. The first-order valence-electron chi connectivity index (χ1n) is 7.45. The summed E-state index contributed by atoms with van der Waals surface area (Å²) in [6, 6.07) is 0. The first kappa shape index (κ1) is 14.3. The predicted molar refractivity (Wildman–Crippen MR) is 73.7 cm³/mol. The maximum atomic E-state index is 11.5. The average Bonchev–Trinajstić information content (AvgIpc) is 2.94. The summed E-state index contributed by atoms with van der Waals surface area (Å²) in [6.07, 6.45) is 10.7. The largest absolute Gasteiger partial charge is 0.481 e. The Morgan fingerprint density at radius 1 is 1.26 bits per heavy atom. The van der Waals surface area contributed by atoms with Gasteiger partial charge in [-0.1, -0.05) is 18.6 Å². The summed E-state index contributed by atoms with van der Waals surface area (Å²) in [4.78, 5) is 22.3. The molecule has 2 rings (SSSR count). The number of allylic oxidation sites excluding steroid dienone is 2. The van der Waals surface area contributed by atoms with Crippen LogP contribution in [0.5, 0.6) is 0 Å². The number of rotatable bonds is 7. The monoisotopic (exact) mass is 264 g/mol. The molecule has 0 radical (unpaired) electrons. The maximum Gasteiger partial charge on any atom is 0.306 e. The molecule has 0 saturated heterocycles. The van der Waals surface area contributed by atoms with Gasteiger partial charge >= 0.3 is 5.97 Å². The van der Waals surface area contributed by atoms with E-state index in [0.717, 1.165) is 25.2 Å². The molecule has 106 valence electrons. The summed E-state index contributed by atoms with van der Waals surface area (Å²) in [5.74, 6) is 1.20.